The fraction of sp³-hybridized carbons (Fsp3) is 0.308. The van der Waals surface area contributed by atoms with Gasteiger partial charge in [0.1, 0.15) is 11.6 Å². The fourth-order valence-electron chi connectivity index (χ4n) is 1.90. The summed E-state index contributed by atoms with van der Waals surface area (Å²) in [5.74, 6) is 1.74. The maximum atomic E-state index is 5.57. The van der Waals surface area contributed by atoms with E-state index in [0.717, 1.165) is 29.3 Å². The minimum Gasteiger partial charge on any atom is -0.496 e. The van der Waals surface area contributed by atoms with Crippen LogP contribution in [0.3, 0.4) is 0 Å². The highest BCUT2D eigenvalue weighted by Gasteiger charge is 2.11. The monoisotopic (exact) mass is 231 g/mol. The summed E-state index contributed by atoms with van der Waals surface area (Å²) >= 11 is 0. The molecule has 0 bridgehead atoms. The number of nitrogens with zero attached hydrogens (tertiary/aromatic N) is 2. The molecule has 0 unspecified atom stereocenters. The Hall–Kier alpha value is -1.81. The van der Waals surface area contributed by atoms with Crippen LogP contribution >= 0.6 is 0 Å². The van der Waals surface area contributed by atoms with E-state index in [-0.39, 0.29) is 0 Å². The van der Waals surface area contributed by atoms with Gasteiger partial charge in [-0.15, -0.1) is 0 Å². The molecule has 1 heterocycles. The minimum atomic E-state index is 0.630. The predicted molar refractivity (Wildman–Crippen MR) is 68.0 cm³/mol. The third kappa shape index (κ3) is 2.17. The molecule has 2 rings (SSSR count). The van der Waals surface area contributed by atoms with E-state index in [9.17, 15) is 0 Å². The van der Waals surface area contributed by atoms with E-state index in [1.54, 1.807) is 7.11 Å². The van der Waals surface area contributed by atoms with E-state index < -0.39 is 0 Å². The van der Waals surface area contributed by atoms with Crippen LogP contribution < -0.4 is 10.5 Å². The molecule has 2 aromatic rings. The number of rotatable bonds is 4. The maximum absolute atomic E-state index is 5.57. The molecule has 1 aromatic carbocycles. The van der Waals surface area contributed by atoms with Crippen molar-refractivity contribution < 1.29 is 4.74 Å². The molecule has 0 atom stereocenters. The molecule has 0 radical (unpaired) electrons. The van der Waals surface area contributed by atoms with Crippen molar-refractivity contribution in [3.05, 3.63) is 36.2 Å². The molecule has 0 fully saturated rings. The molecule has 0 saturated heterocycles. The third-order valence-electron chi connectivity index (χ3n) is 2.83. The van der Waals surface area contributed by atoms with Crippen molar-refractivity contribution in [2.45, 2.75) is 6.42 Å². The zero-order valence-electron chi connectivity index (χ0n) is 10.2. The molecule has 90 valence electrons. The first kappa shape index (κ1) is 11.7. The predicted octanol–water partition coefficient (Wildman–Crippen LogP) is 1.60. The lowest BCUT2D eigenvalue weighted by molar-refractivity contribution is 0.416. The summed E-state index contributed by atoms with van der Waals surface area (Å²) in [4.78, 5) is 4.44. The van der Waals surface area contributed by atoms with Crippen LogP contribution in [-0.4, -0.2) is 23.2 Å². The molecule has 4 nitrogen and oxygen atoms in total. The largest absolute Gasteiger partial charge is 0.496 e. The van der Waals surface area contributed by atoms with E-state index in [0.29, 0.717) is 6.54 Å². The Kier molecular flexibility index (Phi) is 3.44. The zero-order valence-corrected chi connectivity index (χ0v) is 10.2. The highest BCUT2D eigenvalue weighted by atomic mass is 16.5. The van der Waals surface area contributed by atoms with Crippen LogP contribution in [0.2, 0.25) is 0 Å². The second-order valence-corrected chi connectivity index (χ2v) is 3.87. The highest BCUT2D eigenvalue weighted by molar-refractivity contribution is 5.64. The quantitative estimate of drug-likeness (QED) is 0.869. The summed E-state index contributed by atoms with van der Waals surface area (Å²) in [5.41, 5.74) is 7.70. The van der Waals surface area contributed by atoms with Crippen molar-refractivity contribution in [1.82, 2.24) is 9.55 Å². The molecule has 2 N–H and O–H groups in total. The SMILES string of the molecule is COc1ccccc1-c1ncc(CCN)n1C. The standard InChI is InChI=1S/C13H17N3O/c1-16-10(7-8-14)9-15-13(16)11-5-3-4-6-12(11)17-2/h3-6,9H,7-8,14H2,1-2H3. The highest BCUT2D eigenvalue weighted by Crippen LogP contribution is 2.28. The molecular weight excluding hydrogens is 214 g/mol. The number of ether oxygens (including phenoxy) is 1. The van der Waals surface area contributed by atoms with Gasteiger partial charge in [-0.25, -0.2) is 4.98 Å². The van der Waals surface area contributed by atoms with Crippen molar-refractivity contribution in [2.24, 2.45) is 12.8 Å². The normalized spacial score (nSPS) is 10.5. The Morgan fingerprint density at radius 2 is 2.12 bits per heavy atom. The lowest BCUT2D eigenvalue weighted by Crippen LogP contribution is -2.07. The molecule has 17 heavy (non-hydrogen) atoms. The lowest BCUT2D eigenvalue weighted by atomic mass is 10.2. The molecule has 0 amide bonds. The van der Waals surface area contributed by atoms with Crippen molar-refractivity contribution in [1.29, 1.82) is 0 Å². The number of nitrogens with two attached hydrogens (primary N) is 1. The number of methoxy groups -OCH3 is 1. The smallest absolute Gasteiger partial charge is 0.143 e. The fourth-order valence-corrected chi connectivity index (χ4v) is 1.90. The van der Waals surface area contributed by atoms with Gasteiger partial charge in [0, 0.05) is 25.4 Å². The average molecular weight is 231 g/mol. The molecule has 0 aliphatic heterocycles. The summed E-state index contributed by atoms with van der Waals surface area (Å²) < 4.78 is 7.41. The van der Waals surface area contributed by atoms with Gasteiger partial charge in [0.2, 0.25) is 0 Å². The van der Waals surface area contributed by atoms with Crippen molar-refractivity contribution in [2.75, 3.05) is 13.7 Å². The van der Waals surface area contributed by atoms with Gasteiger partial charge < -0.3 is 15.0 Å². The van der Waals surface area contributed by atoms with Gasteiger partial charge in [-0.3, -0.25) is 0 Å². The van der Waals surface area contributed by atoms with Crippen LogP contribution in [0.4, 0.5) is 0 Å². The van der Waals surface area contributed by atoms with Gasteiger partial charge in [0.15, 0.2) is 0 Å². The van der Waals surface area contributed by atoms with Crippen LogP contribution in [0.5, 0.6) is 5.75 Å². The molecule has 0 aliphatic carbocycles. The van der Waals surface area contributed by atoms with E-state index in [2.05, 4.69) is 9.55 Å². The van der Waals surface area contributed by atoms with Crippen molar-refractivity contribution >= 4 is 0 Å². The van der Waals surface area contributed by atoms with Crippen LogP contribution in [0.25, 0.3) is 11.4 Å². The first-order valence-electron chi connectivity index (χ1n) is 5.62. The minimum absolute atomic E-state index is 0.630. The Bertz CT molecular complexity index is 505. The zero-order chi connectivity index (χ0) is 12.3. The first-order chi connectivity index (χ1) is 8.27. The second-order valence-electron chi connectivity index (χ2n) is 3.87. The van der Waals surface area contributed by atoms with Gasteiger partial charge in [-0.2, -0.15) is 0 Å². The van der Waals surface area contributed by atoms with Gasteiger partial charge in [0.25, 0.3) is 0 Å². The molecule has 0 aliphatic rings. The average Bonchev–Trinajstić information content (AvgIpc) is 2.72. The number of para-hydroxylation sites is 1. The van der Waals surface area contributed by atoms with E-state index in [1.165, 1.54) is 0 Å². The van der Waals surface area contributed by atoms with E-state index in [4.69, 9.17) is 10.5 Å². The maximum Gasteiger partial charge on any atom is 0.143 e. The topological polar surface area (TPSA) is 53.1 Å². The van der Waals surface area contributed by atoms with Gasteiger partial charge in [0.05, 0.1) is 12.7 Å². The van der Waals surface area contributed by atoms with Crippen molar-refractivity contribution in [3.8, 4) is 17.1 Å². The summed E-state index contributed by atoms with van der Waals surface area (Å²) in [6.07, 6.45) is 2.70. The third-order valence-corrected chi connectivity index (χ3v) is 2.83. The Morgan fingerprint density at radius 3 is 2.82 bits per heavy atom. The number of aromatic nitrogens is 2. The molecule has 0 saturated carbocycles. The van der Waals surface area contributed by atoms with Crippen molar-refractivity contribution in [3.63, 3.8) is 0 Å². The van der Waals surface area contributed by atoms with E-state index >= 15 is 0 Å². The Labute approximate surface area is 101 Å². The number of hydrogen-bond acceptors (Lipinski definition) is 3. The van der Waals surface area contributed by atoms with Crippen LogP contribution in [0.1, 0.15) is 5.69 Å². The van der Waals surface area contributed by atoms with Crippen LogP contribution in [0.15, 0.2) is 30.5 Å². The second kappa shape index (κ2) is 5.01. The number of imidazole rings is 1. The van der Waals surface area contributed by atoms with Gasteiger partial charge in [-0.05, 0) is 18.7 Å². The lowest BCUT2D eigenvalue weighted by Gasteiger charge is -2.09. The number of benzene rings is 1. The van der Waals surface area contributed by atoms with Crippen LogP contribution in [0, 0.1) is 0 Å². The van der Waals surface area contributed by atoms with Crippen LogP contribution in [-0.2, 0) is 13.5 Å². The summed E-state index contributed by atoms with van der Waals surface area (Å²) in [6.45, 7) is 0.630. The first-order valence-corrected chi connectivity index (χ1v) is 5.62. The van der Waals surface area contributed by atoms with Gasteiger partial charge >= 0.3 is 0 Å². The summed E-state index contributed by atoms with van der Waals surface area (Å²) in [6, 6.07) is 7.88. The Morgan fingerprint density at radius 1 is 1.35 bits per heavy atom. The number of hydrogen-bond donors (Lipinski definition) is 1. The molecule has 0 spiro atoms. The Balaban J connectivity index is 2.46. The van der Waals surface area contributed by atoms with Gasteiger partial charge in [-0.1, -0.05) is 12.1 Å². The molecule has 1 aromatic heterocycles. The van der Waals surface area contributed by atoms with E-state index in [1.807, 2.05) is 37.5 Å². The summed E-state index contributed by atoms with van der Waals surface area (Å²) in [5, 5.41) is 0. The molecule has 4 heteroatoms. The molecular formula is C13H17N3O. The summed E-state index contributed by atoms with van der Waals surface area (Å²) in [7, 11) is 3.67.